The third-order valence-corrected chi connectivity index (χ3v) is 6.31. The molecule has 0 saturated carbocycles. The molecule has 0 saturated heterocycles. The molecule has 154 valence electrons. The van der Waals surface area contributed by atoms with Gasteiger partial charge in [0, 0.05) is 27.1 Å². The van der Waals surface area contributed by atoms with Gasteiger partial charge in [0.2, 0.25) is 5.91 Å². The SMILES string of the molecule is O=C(Cn1cnc2scc(-c3cccs3)c2c1=O)Nc1cccc(-c2noc(=O)[nH]2)c1. The van der Waals surface area contributed by atoms with Crippen molar-refractivity contribution in [3.63, 3.8) is 0 Å². The second-order valence-corrected chi connectivity index (χ2v) is 8.36. The molecule has 5 aromatic rings. The summed E-state index contributed by atoms with van der Waals surface area (Å²) in [5.41, 5.74) is 1.63. The van der Waals surface area contributed by atoms with Crippen LogP contribution in [0.4, 0.5) is 5.69 Å². The fourth-order valence-electron chi connectivity index (χ4n) is 3.15. The van der Waals surface area contributed by atoms with E-state index >= 15 is 0 Å². The fourth-order valence-corrected chi connectivity index (χ4v) is 4.87. The number of anilines is 1. The number of benzene rings is 1. The second kappa shape index (κ2) is 7.78. The number of H-pyrrole nitrogens is 1. The van der Waals surface area contributed by atoms with E-state index in [1.54, 1.807) is 35.6 Å². The molecule has 9 nitrogen and oxygen atoms in total. The van der Waals surface area contributed by atoms with E-state index < -0.39 is 5.76 Å². The minimum Gasteiger partial charge on any atom is -0.325 e. The Labute approximate surface area is 181 Å². The van der Waals surface area contributed by atoms with E-state index in [4.69, 9.17) is 0 Å². The molecule has 2 N–H and O–H groups in total. The normalized spacial score (nSPS) is 11.1. The highest BCUT2D eigenvalue weighted by atomic mass is 32.1. The summed E-state index contributed by atoms with van der Waals surface area (Å²) in [5, 5.41) is 10.8. The van der Waals surface area contributed by atoms with Gasteiger partial charge in [-0.15, -0.1) is 22.7 Å². The van der Waals surface area contributed by atoms with Gasteiger partial charge in [0.15, 0.2) is 5.82 Å². The number of nitrogens with zero attached hydrogens (tertiary/aromatic N) is 3. The van der Waals surface area contributed by atoms with Crippen LogP contribution in [0.25, 0.3) is 32.0 Å². The highest BCUT2D eigenvalue weighted by molar-refractivity contribution is 7.18. The monoisotopic (exact) mass is 451 g/mol. The fraction of sp³-hybridized carbons (Fsp3) is 0.0500. The van der Waals surface area contributed by atoms with Crippen LogP contribution in [-0.4, -0.2) is 25.6 Å². The number of carbonyl (C=O) groups excluding carboxylic acids is 1. The van der Waals surface area contributed by atoms with E-state index in [9.17, 15) is 14.4 Å². The summed E-state index contributed by atoms with van der Waals surface area (Å²) in [4.78, 5) is 45.2. The van der Waals surface area contributed by atoms with Gasteiger partial charge in [-0.25, -0.2) is 9.78 Å². The van der Waals surface area contributed by atoms with Crippen molar-refractivity contribution < 1.29 is 9.32 Å². The number of fused-ring (bicyclic) bond motifs is 1. The van der Waals surface area contributed by atoms with Crippen LogP contribution in [0.1, 0.15) is 0 Å². The predicted octanol–water partition coefficient (Wildman–Crippen LogP) is 3.17. The Balaban J connectivity index is 1.40. The summed E-state index contributed by atoms with van der Waals surface area (Å²) in [6, 6.07) is 10.6. The number of carbonyl (C=O) groups is 1. The summed E-state index contributed by atoms with van der Waals surface area (Å²) >= 11 is 2.94. The molecular formula is C20H13N5O4S2. The zero-order valence-electron chi connectivity index (χ0n) is 15.7. The van der Waals surface area contributed by atoms with Crippen molar-refractivity contribution >= 4 is 44.5 Å². The molecule has 0 aliphatic rings. The average Bonchev–Trinajstić information content (AvgIpc) is 3.50. The van der Waals surface area contributed by atoms with Gasteiger partial charge in [-0.05, 0) is 23.6 Å². The van der Waals surface area contributed by atoms with E-state index in [0.29, 0.717) is 21.5 Å². The van der Waals surface area contributed by atoms with Crippen LogP contribution >= 0.6 is 22.7 Å². The molecule has 11 heteroatoms. The van der Waals surface area contributed by atoms with E-state index in [2.05, 4.69) is 25.0 Å². The van der Waals surface area contributed by atoms with Gasteiger partial charge in [-0.3, -0.25) is 23.7 Å². The van der Waals surface area contributed by atoms with Crippen molar-refractivity contribution in [2.75, 3.05) is 5.32 Å². The Morgan fingerprint density at radius 2 is 2.10 bits per heavy atom. The summed E-state index contributed by atoms with van der Waals surface area (Å²) in [7, 11) is 0. The maximum absolute atomic E-state index is 13.0. The van der Waals surface area contributed by atoms with Crippen molar-refractivity contribution in [2.24, 2.45) is 0 Å². The lowest BCUT2D eigenvalue weighted by Gasteiger charge is -2.08. The molecule has 1 amide bonds. The smallest absolute Gasteiger partial charge is 0.325 e. The van der Waals surface area contributed by atoms with Crippen LogP contribution < -0.4 is 16.6 Å². The van der Waals surface area contributed by atoms with Crippen LogP contribution in [0.15, 0.2) is 67.6 Å². The van der Waals surface area contributed by atoms with Crippen LogP contribution in [-0.2, 0) is 11.3 Å². The van der Waals surface area contributed by atoms with Gasteiger partial charge in [0.05, 0.1) is 11.7 Å². The molecular weight excluding hydrogens is 438 g/mol. The maximum atomic E-state index is 13.0. The Bertz CT molecular complexity index is 1510. The number of nitrogens with one attached hydrogen (secondary N) is 2. The van der Waals surface area contributed by atoms with Gasteiger partial charge < -0.3 is 5.32 Å². The molecule has 5 rings (SSSR count). The molecule has 1 aromatic carbocycles. The molecule has 0 aliphatic carbocycles. The number of thiophene rings is 2. The minimum atomic E-state index is -0.665. The minimum absolute atomic E-state index is 0.188. The van der Waals surface area contributed by atoms with Crippen molar-refractivity contribution in [3.05, 3.63) is 74.4 Å². The first-order valence-corrected chi connectivity index (χ1v) is 10.8. The lowest BCUT2D eigenvalue weighted by Crippen LogP contribution is -2.27. The molecule has 0 spiro atoms. The largest absolute Gasteiger partial charge is 0.439 e. The van der Waals surface area contributed by atoms with E-state index in [-0.39, 0.29) is 23.8 Å². The second-order valence-electron chi connectivity index (χ2n) is 6.56. The standard InChI is InChI=1S/C20H13N5O4S2/c26-15(22-12-4-1-3-11(7-12)17-23-20(28)29-24-17)8-25-10-21-18-16(19(25)27)13(9-31-18)14-5-2-6-30-14/h1-7,9-10H,8H2,(H,22,26)(H,23,24,28). The molecule has 4 heterocycles. The molecule has 0 aliphatic heterocycles. The highest BCUT2D eigenvalue weighted by Crippen LogP contribution is 2.33. The maximum Gasteiger partial charge on any atom is 0.439 e. The Morgan fingerprint density at radius 1 is 1.19 bits per heavy atom. The van der Waals surface area contributed by atoms with Crippen molar-refractivity contribution in [1.29, 1.82) is 0 Å². The van der Waals surface area contributed by atoms with E-state index in [1.807, 2.05) is 22.9 Å². The molecule has 0 fully saturated rings. The van der Waals surface area contributed by atoms with E-state index in [1.165, 1.54) is 22.2 Å². The van der Waals surface area contributed by atoms with Gasteiger partial charge in [0.1, 0.15) is 11.4 Å². The molecule has 31 heavy (non-hydrogen) atoms. The number of hydrogen-bond donors (Lipinski definition) is 2. The average molecular weight is 451 g/mol. The Morgan fingerprint density at radius 3 is 2.87 bits per heavy atom. The summed E-state index contributed by atoms with van der Waals surface area (Å²) in [5.74, 6) is -0.797. The first-order chi connectivity index (χ1) is 15.1. The van der Waals surface area contributed by atoms with Gasteiger partial charge in [-0.2, -0.15) is 0 Å². The molecule has 0 unspecified atom stereocenters. The predicted molar refractivity (Wildman–Crippen MR) is 118 cm³/mol. The Kier molecular flexibility index (Phi) is 4.81. The van der Waals surface area contributed by atoms with Crippen molar-refractivity contribution in [3.8, 4) is 21.8 Å². The number of amides is 1. The molecule has 4 aromatic heterocycles. The summed E-state index contributed by atoms with van der Waals surface area (Å²) < 4.78 is 5.80. The molecule has 0 atom stereocenters. The van der Waals surface area contributed by atoms with Crippen molar-refractivity contribution in [1.82, 2.24) is 19.7 Å². The van der Waals surface area contributed by atoms with Gasteiger partial charge in [0.25, 0.3) is 5.56 Å². The first kappa shape index (κ1) is 19.2. The third-order valence-electron chi connectivity index (χ3n) is 4.52. The first-order valence-electron chi connectivity index (χ1n) is 9.05. The van der Waals surface area contributed by atoms with Crippen LogP contribution in [0, 0.1) is 0 Å². The van der Waals surface area contributed by atoms with Crippen LogP contribution in [0.2, 0.25) is 0 Å². The van der Waals surface area contributed by atoms with Crippen LogP contribution in [0.5, 0.6) is 0 Å². The number of rotatable bonds is 5. The highest BCUT2D eigenvalue weighted by Gasteiger charge is 2.15. The summed E-state index contributed by atoms with van der Waals surface area (Å²) in [6.45, 7) is -0.188. The molecule has 0 bridgehead atoms. The quantitative estimate of drug-likeness (QED) is 0.423. The lowest BCUT2D eigenvalue weighted by molar-refractivity contribution is -0.116. The summed E-state index contributed by atoms with van der Waals surface area (Å²) in [6.07, 6.45) is 1.38. The van der Waals surface area contributed by atoms with Crippen LogP contribution in [0.3, 0.4) is 0 Å². The Hall–Kier alpha value is -3.83. The number of aromatic amines is 1. The van der Waals surface area contributed by atoms with Gasteiger partial charge >= 0.3 is 5.76 Å². The zero-order chi connectivity index (χ0) is 21.4. The van der Waals surface area contributed by atoms with Crippen molar-refractivity contribution in [2.45, 2.75) is 6.54 Å². The third kappa shape index (κ3) is 3.71. The zero-order valence-corrected chi connectivity index (χ0v) is 17.3. The molecule has 0 radical (unpaired) electrons. The van der Waals surface area contributed by atoms with Gasteiger partial charge in [-0.1, -0.05) is 23.4 Å². The topological polar surface area (TPSA) is 123 Å². The van der Waals surface area contributed by atoms with E-state index in [0.717, 1.165) is 10.4 Å². The lowest BCUT2D eigenvalue weighted by atomic mass is 10.2. The number of hydrogen-bond acceptors (Lipinski definition) is 8. The number of aromatic nitrogens is 4.